The van der Waals surface area contributed by atoms with Crippen LogP contribution < -0.4 is 4.74 Å². The van der Waals surface area contributed by atoms with E-state index in [1.165, 1.54) is 44.9 Å². The maximum atomic E-state index is 9.84. The summed E-state index contributed by atoms with van der Waals surface area (Å²) in [6.45, 7) is 2.26. The number of ether oxygens (including phenoxy) is 1. The van der Waals surface area contributed by atoms with E-state index < -0.39 is 0 Å². The van der Waals surface area contributed by atoms with Crippen LogP contribution in [0.1, 0.15) is 63.9 Å². The van der Waals surface area contributed by atoms with Gasteiger partial charge in [0.15, 0.2) is 0 Å². The lowest BCUT2D eigenvalue weighted by Gasteiger charge is -2.05. The SMILES string of the molecule is CCCCCCCCCC=CC=CC=Cc1c(O)cccc1OC. The predicted octanol–water partition coefficient (Wildman–Crippen LogP) is 6.67. The molecule has 0 aliphatic heterocycles. The van der Waals surface area contributed by atoms with Gasteiger partial charge < -0.3 is 9.84 Å². The third-order valence-electron chi connectivity index (χ3n) is 3.97. The molecule has 0 saturated heterocycles. The third kappa shape index (κ3) is 8.61. The van der Waals surface area contributed by atoms with Crippen LogP contribution in [0, 0.1) is 0 Å². The van der Waals surface area contributed by atoms with Crippen LogP contribution in [0.25, 0.3) is 6.08 Å². The topological polar surface area (TPSA) is 29.5 Å². The molecule has 0 aliphatic carbocycles. The second-order valence-electron chi connectivity index (χ2n) is 5.98. The lowest BCUT2D eigenvalue weighted by atomic mass is 10.1. The zero-order chi connectivity index (χ0) is 17.5. The highest BCUT2D eigenvalue weighted by Crippen LogP contribution is 2.28. The Balaban J connectivity index is 2.21. The Bertz CT molecular complexity index is 527. The van der Waals surface area contributed by atoms with Crippen molar-refractivity contribution in [1.29, 1.82) is 0 Å². The van der Waals surface area contributed by atoms with Gasteiger partial charge in [-0.25, -0.2) is 0 Å². The summed E-state index contributed by atoms with van der Waals surface area (Å²) in [6, 6.07) is 5.27. The van der Waals surface area contributed by atoms with E-state index in [2.05, 4.69) is 19.1 Å². The van der Waals surface area contributed by atoms with Gasteiger partial charge in [0.05, 0.1) is 12.7 Å². The molecule has 0 fully saturated rings. The summed E-state index contributed by atoms with van der Waals surface area (Å²) in [5.74, 6) is 0.905. The first-order chi connectivity index (χ1) is 11.8. The summed E-state index contributed by atoms with van der Waals surface area (Å²) in [5.41, 5.74) is 0.705. The smallest absolute Gasteiger partial charge is 0.129 e. The van der Waals surface area contributed by atoms with E-state index in [1.807, 2.05) is 30.4 Å². The quantitative estimate of drug-likeness (QED) is 0.343. The average molecular weight is 328 g/mol. The molecule has 132 valence electrons. The molecule has 0 saturated carbocycles. The highest BCUT2D eigenvalue weighted by atomic mass is 16.5. The van der Waals surface area contributed by atoms with Gasteiger partial charge in [-0.2, -0.15) is 0 Å². The van der Waals surface area contributed by atoms with Crippen LogP contribution in [0.3, 0.4) is 0 Å². The van der Waals surface area contributed by atoms with E-state index in [-0.39, 0.29) is 5.75 Å². The lowest BCUT2D eigenvalue weighted by molar-refractivity contribution is 0.406. The number of aromatic hydroxyl groups is 1. The van der Waals surface area contributed by atoms with E-state index in [0.717, 1.165) is 6.42 Å². The number of methoxy groups -OCH3 is 1. The number of hydrogen-bond acceptors (Lipinski definition) is 2. The van der Waals surface area contributed by atoms with Crippen molar-refractivity contribution in [2.45, 2.75) is 58.3 Å². The highest BCUT2D eigenvalue weighted by Gasteiger charge is 2.03. The second-order valence-corrected chi connectivity index (χ2v) is 5.98. The van der Waals surface area contributed by atoms with Gasteiger partial charge in [0.1, 0.15) is 11.5 Å². The maximum Gasteiger partial charge on any atom is 0.129 e. The number of unbranched alkanes of at least 4 members (excludes halogenated alkanes) is 7. The number of benzene rings is 1. The molecule has 1 N–H and O–H groups in total. The summed E-state index contributed by atoms with van der Waals surface area (Å²) >= 11 is 0. The largest absolute Gasteiger partial charge is 0.507 e. The minimum Gasteiger partial charge on any atom is -0.507 e. The molecule has 0 aliphatic rings. The predicted molar refractivity (Wildman–Crippen MR) is 105 cm³/mol. The maximum absolute atomic E-state index is 9.84. The standard InChI is InChI=1S/C22H32O2/c1-3-4-5-6-7-8-9-10-11-12-13-14-15-17-20-21(23)18-16-19-22(20)24-2/h11-19,23H,3-10H2,1-2H3. The van der Waals surface area contributed by atoms with Crippen molar-refractivity contribution in [3.05, 3.63) is 54.1 Å². The first-order valence-electron chi connectivity index (χ1n) is 9.15. The molecule has 2 nitrogen and oxygen atoms in total. The minimum absolute atomic E-state index is 0.230. The van der Waals surface area contributed by atoms with Crippen molar-refractivity contribution in [3.63, 3.8) is 0 Å². The molecule has 0 atom stereocenters. The van der Waals surface area contributed by atoms with Gasteiger partial charge in [-0.3, -0.25) is 0 Å². The number of phenols is 1. The molecule has 0 aromatic heterocycles. The Kier molecular flexibility index (Phi) is 11.3. The van der Waals surface area contributed by atoms with E-state index in [0.29, 0.717) is 11.3 Å². The molecular formula is C22H32O2. The van der Waals surface area contributed by atoms with Crippen molar-refractivity contribution in [1.82, 2.24) is 0 Å². The summed E-state index contributed by atoms with van der Waals surface area (Å²) in [4.78, 5) is 0. The zero-order valence-corrected chi connectivity index (χ0v) is 15.2. The molecule has 0 spiro atoms. The third-order valence-corrected chi connectivity index (χ3v) is 3.97. The molecule has 0 heterocycles. The van der Waals surface area contributed by atoms with E-state index in [9.17, 15) is 5.11 Å². The number of hydrogen-bond donors (Lipinski definition) is 1. The Morgan fingerprint density at radius 1 is 0.917 bits per heavy atom. The summed E-state index contributed by atoms with van der Waals surface area (Å²) in [7, 11) is 1.61. The summed E-state index contributed by atoms with van der Waals surface area (Å²) in [5, 5.41) is 9.84. The fourth-order valence-corrected chi connectivity index (χ4v) is 2.55. The van der Waals surface area contributed by atoms with Gasteiger partial charge in [-0.05, 0) is 31.1 Å². The van der Waals surface area contributed by atoms with Crippen LogP contribution in [0.4, 0.5) is 0 Å². The molecule has 0 amide bonds. The normalized spacial score (nSPS) is 11.9. The molecular weight excluding hydrogens is 296 g/mol. The number of rotatable bonds is 12. The van der Waals surface area contributed by atoms with E-state index >= 15 is 0 Å². The fourth-order valence-electron chi connectivity index (χ4n) is 2.55. The second kappa shape index (κ2) is 13.5. The van der Waals surface area contributed by atoms with Gasteiger partial charge in [0, 0.05) is 0 Å². The Morgan fingerprint density at radius 2 is 1.62 bits per heavy atom. The molecule has 1 aromatic carbocycles. The van der Waals surface area contributed by atoms with Crippen molar-refractivity contribution in [3.8, 4) is 11.5 Å². The van der Waals surface area contributed by atoms with Crippen LogP contribution in [0.5, 0.6) is 11.5 Å². The van der Waals surface area contributed by atoms with E-state index in [1.54, 1.807) is 19.2 Å². The van der Waals surface area contributed by atoms with Gasteiger partial charge in [0.25, 0.3) is 0 Å². The van der Waals surface area contributed by atoms with Crippen LogP contribution in [0.2, 0.25) is 0 Å². The van der Waals surface area contributed by atoms with Crippen molar-refractivity contribution >= 4 is 6.08 Å². The van der Waals surface area contributed by atoms with Crippen LogP contribution in [-0.4, -0.2) is 12.2 Å². The van der Waals surface area contributed by atoms with Gasteiger partial charge in [0.2, 0.25) is 0 Å². The van der Waals surface area contributed by atoms with E-state index in [4.69, 9.17) is 4.74 Å². The first kappa shape index (κ1) is 20.1. The molecule has 1 rings (SSSR count). The van der Waals surface area contributed by atoms with Gasteiger partial charge in [-0.15, -0.1) is 0 Å². The summed E-state index contributed by atoms with van der Waals surface area (Å²) < 4.78 is 5.24. The average Bonchev–Trinajstić information content (AvgIpc) is 2.60. The molecule has 24 heavy (non-hydrogen) atoms. The van der Waals surface area contributed by atoms with Crippen LogP contribution in [-0.2, 0) is 0 Å². The minimum atomic E-state index is 0.230. The number of phenolic OH excluding ortho intramolecular Hbond substituents is 1. The van der Waals surface area contributed by atoms with Crippen molar-refractivity contribution < 1.29 is 9.84 Å². The zero-order valence-electron chi connectivity index (χ0n) is 15.2. The molecule has 1 aromatic rings. The molecule has 0 unspecified atom stereocenters. The Morgan fingerprint density at radius 3 is 2.38 bits per heavy atom. The lowest BCUT2D eigenvalue weighted by Crippen LogP contribution is -1.86. The van der Waals surface area contributed by atoms with Crippen LogP contribution in [0.15, 0.2) is 48.6 Å². The summed E-state index contributed by atoms with van der Waals surface area (Å²) in [6.07, 6.45) is 22.7. The monoisotopic (exact) mass is 328 g/mol. The first-order valence-corrected chi connectivity index (χ1v) is 9.15. The van der Waals surface area contributed by atoms with Gasteiger partial charge >= 0.3 is 0 Å². The number of allylic oxidation sites excluding steroid dienone is 5. The van der Waals surface area contributed by atoms with Crippen molar-refractivity contribution in [2.24, 2.45) is 0 Å². The molecule has 0 radical (unpaired) electrons. The fraction of sp³-hybridized carbons (Fsp3) is 0.455. The molecule has 2 heteroatoms. The van der Waals surface area contributed by atoms with Crippen molar-refractivity contribution in [2.75, 3.05) is 7.11 Å². The Labute approximate surface area is 147 Å². The molecule has 0 bridgehead atoms. The Hall–Kier alpha value is -1.96. The highest BCUT2D eigenvalue weighted by molar-refractivity contribution is 5.64. The van der Waals surface area contributed by atoms with Gasteiger partial charge in [-0.1, -0.05) is 81.9 Å². The van der Waals surface area contributed by atoms with Crippen LogP contribution >= 0.6 is 0 Å².